The molecule has 0 spiro atoms. The van der Waals surface area contributed by atoms with Gasteiger partial charge in [-0.15, -0.1) is 0 Å². The van der Waals surface area contributed by atoms with Gasteiger partial charge in [0.05, 0.1) is 12.4 Å². The average molecular weight is 169 g/mol. The summed E-state index contributed by atoms with van der Waals surface area (Å²) in [5, 5.41) is 0. The van der Waals surface area contributed by atoms with Crippen molar-refractivity contribution in [3.8, 4) is 0 Å². The largest absolute Gasteiger partial charge is 0.286 e. The Morgan fingerprint density at radius 2 is 1.33 bits per heavy atom. The first kappa shape index (κ1) is 9.43. The molecule has 2 heteroatoms. The molecule has 0 aromatic heterocycles. The van der Waals surface area contributed by atoms with Crippen LogP contribution in [-0.2, 0) is 0 Å². The van der Waals surface area contributed by atoms with E-state index in [0.29, 0.717) is 0 Å². The third-order valence-corrected chi connectivity index (χ3v) is 0.910. The number of hydrogen-bond donors (Lipinski definition) is 0. The smallest absolute Gasteiger partial charge is 0.0852 e. The van der Waals surface area contributed by atoms with E-state index in [-0.39, 0.29) is 17.3 Å². The van der Waals surface area contributed by atoms with Crippen molar-refractivity contribution in [1.82, 2.24) is 0 Å². The van der Waals surface area contributed by atoms with Crippen molar-refractivity contribution in [2.45, 2.75) is 52.6 Å². The Labute approximate surface area is 77.2 Å². The third kappa shape index (κ3) is 9.34. The fourth-order valence-corrected chi connectivity index (χ4v) is 0.445. The maximum Gasteiger partial charge on any atom is 0.0852 e. The molecular formula is C10H20N2. The minimum atomic E-state index is -0.193. The predicted molar refractivity (Wildman–Crippen MR) is 56.5 cm³/mol. The van der Waals surface area contributed by atoms with E-state index >= 15 is 0 Å². The van der Waals surface area contributed by atoms with Crippen LogP contribution >= 0.6 is 0 Å². The molecule has 0 aromatic rings. The molecule has 0 saturated heterocycles. The minimum absolute atomic E-state index is 0.125. The summed E-state index contributed by atoms with van der Waals surface area (Å²) in [7, 11) is 0. The van der Waals surface area contributed by atoms with Gasteiger partial charge in [0.1, 0.15) is 0 Å². The van der Waals surface area contributed by atoms with E-state index in [1.807, 2.05) is 41.5 Å². The monoisotopic (exact) mass is 169 g/mol. The zero-order chi connectivity index (χ0) is 10.7. The molecule has 0 aliphatic rings. The molecule has 0 aliphatic heterocycles. The number of hydrogen-bond acceptors (Lipinski definition) is 2. The van der Waals surface area contributed by atoms with Crippen molar-refractivity contribution in [1.29, 1.82) is 0 Å². The number of aliphatic imine (C=N–C) groups is 2. The van der Waals surface area contributed by atoms with Gasteiger partial charge in [0.25, 0.3) is 0 Å². The highest BCUT2D eigenvalue weighted by Crippen LogP contribution is 2.05. The molecule has 0 unspecified atom stereocenters. The molecule has 0 N–H and O–H groups in total. The molecule has 0 amide bonds. The standard InChI is InChI=1S/C10H20N2/c1-9(2,3)11-7-8-12-10(4,5)6/h7-8H,1-6H3/i7D. The van der Waals surface area contributed by atoms with E-state index < -0.39 is 0 Å². The van der Waals surface area contributed by atoms with Crippen molar-refractivity contribution in [3.63, 3.8) is 0 Å². The molecule has 0 aliphatic carbocycles. The first-order valence-electron chi connectivity index (χ1n) is 4.72. The summed E-state index contributed by atoms with van der Waals surface area (Å²) in [6, 6.07) is 0. The van der Waals surface area contributed by atoms with Crippen LogP contribution < -0.4 is 0 Å². The lowest BCUT2D eigenvalue weighted by molar-refractivity contribution is 0.583. The summed E-state index contributed by atoms with van der Waals surface area (Å²) < 4.78 is 7.51. The van der Waals surface area contributed by atoms with Gasteiger partial charge in [-0.3, -0.25) is 9.98 Å². The van der Waals surface area contributed by atoms with Crippen molar-refractivity contribution < 1.29 is 1.37 Å². The van der Waals surface area contributed by atoms with Gasteiger partial charge >= 0.3 is 0 Å². The summed E-state index contributed by atoms with van der Waals surface area (Å²) in [4.78, 5) is 8.34. The van der Waals surface area contributed by atoms with E-state index in [4.69, 9.17) is 1.37 Å². The third-order valence-electron chi connectivity index (χ3n) is 0.910. The minimum Gasteiger partial charge on any atom is -0.286 e. The summed E-state index contributed by atoms with van der Waals surface area (Å²) in [6.45, 7) is 11.9. The fraction of sp³-hybridized carbons (Fsp3) is 0.800. The van der Waals surface area contributed by atoms with E-state index in [0.717, 1.165) is 0 Å². The van der Waals surface area contributed by atoms with Crippen LogP contribution in [0.4, 0.5) is 0 Å². The summed E-state index contributed by atoms with van der Waals surface area (Å²) in [6.07, 6.45) is 1.76. The van der Waals surface area contributed by atoms with Crippen LogP contribution in [0.3, 0.4) is 0 Å². The second-order valence-corrected chi connectivity index (χ2v) is 4.84. The van der Waals surface area contributed by atoms with E-state index in [2.05, 4.69) is 9.98 Å². The zero-order valence-electron chi connectivity index (χ0n) is 9.97. The molecule has 12 heavy (non-hydrogen) atoms. The van der Waals surface area contributed by atoms with Gasteiger partial charge in [0, 0.05) is 12.4 Å². The number of rotatable bonds is 1. The Balaban J connectivity index is 4.40. The molecule has 0 radical (unpaired) electrons. The molecule has 0 saturated carbocycles. The Morgan fingerprint density at radius 3 is 1.67 bits per heavy atom. The number of nitrogens with zero attached hydrogens (tertiary/aromatic N) is 2. The Kier molecular flexibility index (Phi) is 3.01. The highest BCUT2D eigenvalue weighted by Gasteiger charge is 2.05. The van der Waals surface area contributed by atoms with Crippen LogP contribution in [0.25, 0.3) is 0 Å². The van der Waals surface area contributed by atoms with Gasteiger partial charge in [-0.25, -0.2) is 0 Å². The van der Waals surface area contributed by atoms with Crippen LogP contribution in [0.1, 0.15) is 42.9 Å². The molecule has 0 rings (SSSR count). The summed E-state index contributed by atoms with van der Waals surface area (Å²) in [5.41, 5.74) is -0.319. The average Bonchev–Trinajstić information content (AvgIpc) is 1.78. The SMILES string of the molecule is [2H]C(C=NC(C)(C)C)=NC(C)(C)C. The van der Waals surface area contributed by atoms with Gasteiger partial charge in [-0.1, -0.05) is 0 Å². The lowest BCUT2D eigenvalue weighted by atomic mass is 10.1. The lowest BCUT2D eigenvalue weighted by Gasteiger charge is -2.11. The maximum absolute atomic E-state index is 7.51. The van der Waals surface area contributed by atoms with Crippen molar-refractivity contribution >= 4 is 12.4 Å². The van der Waals surface area contributed by atoms with E-state index in [1.54, 1.807) is 0 Å². The molecule has 0 bridgehead atoms. The van der Waals surface area contributed by atoms with Crippen molar-refractivity contribution in [2.24, 2.45) is 9.98 Å². The Bertz CT molecular complexity index is 216. The highest BCUT2D eigenvalue weighted by molar-refractivity contribution is 6.16. The summed E-state index contributed by atoms with van der Waals surface area (Å²) in [5.74, 6) is 0. The molecule has 0 aromatic carbocycles. The highest BCUT2D eigenvalue weighted by atomic mass is 14.8. The molecule has 2 nitrogen and oxygen atoms in total. The summed E-state index contributed by atoms with van der Waals surface area (Å²) >= 11 is 0. The van der Waals surface area contributed by atoms with Gasteiger partial charge in [-0.2, -0.15) is 0 Å². The topological polar surface area (TPSA) is 24.7 Å². The van der Waals surface area contributed by atoms with Crippen molar-refractivity contribution in [2.75, 3.05) is 0 Å². The van der Waals surface area contributed by atoms with Crippen LogP contribution in [0.15, 0.2) is 9.98 Å². The maximum atomic E-state index is 7.51. The van der Waals surface area contributed by atoms with Crippen LogP contribution in [0, 0.1) is 0 Å². The Hall–Kier alpha value is -0.660. The molecule has 70 valence electrons. The van der Waals surface area contributed by atoms with Crippen molar-refractivity contribution in [3.05, 3.63) is 0 Å². The quantitative estimate of drug-likeness (QED) is 0.539. The molecular weight excluding hydrogens is 148 g/mol. The predicted octanol–water partition coefficient (Wildman–Crippen LogP) is 2.73. The normalized spacial score (nSPS) is 16.8. The second-order valence-electron chi connectivity index (χ2n) is 4.84. The van der Waals surface area contributed by atoms with Crippen LogP contribution in [0.2, 0.25) is 0 Å². The van der Waals surface area contributed by atoms with Crippen LogP contribution in [-0.4, -0.2) is 23.5 Å². The first-order valence-corrected chi connectivity index (χ1v) is 4.22. The van der Waals surface area contributed by atoms with Gasteiger partial charge < -0.3 is 0 Å². The molecule has 0 fully saturated rings. The second kappa shape index (κ2) is 3.83. The van der Waals surface area contributed by atoms with Gasteiger partial charge in [-0.05, 0) is 41.5 Å². The first-order chi connectivity index (χ1) is 5.60. The fourth-order valence-electron chi connectivity index (χ4n) is 0.445. The zero-order valence-corrected chi connectivity index (χ0v) is 8.97. The molecule has 0 atom stereocenters. The Morgan fingerprint density at radius 1 is 0.917 bits per heavy atom. The molecule has 0 heterocycles. The lowest BCUT2D eigenvalue weighted by Crippen LogP contribution is -2.12. The van der Waals surface area contributed by atoms with Gasteiger partial charge in [0.15, 0.2) is 0 Å². The van der Waals surface area contributed by atoms with Gasteiger partial charge in [0.2, 0.25) is 0 Å². The van der Waals surface area contributed by atoms with E-state index in [1.165, 1.54) is 6.21 Å². The van der Waals surface area contributed by atoms with Crippen LogP contribution in [0.5, 0.6) is 0 Å². The van der Waals surface area contributed by atoms with E-state index in [9.17, 15) is 0 Å².